The van der Waals surface area contributed by atoms with E-state index in [2.05, 4.69) is 31.7 Å². The minimum Gasteiger partial charge on any atom is -0.393 e. The van der Waals surface area contributed by atoms with Crippen LogP contribution in [0.5, 0.6) is 0 Å². The molecule has 1 aromatic carbocycles. The van der Waals surface area contributed by atoms with Crippen molar-refractivity contribution in [3.63, 3.8) is 0 Å². The lowest BCUT2D eigenvalue weighted by Gasteiger charge is -2.46. The molecule has 0 radical (unpaired) electrons. The van der Waals surface area contributed by atoms with Crippen LogP contribution in [0.2, 0.25) is 5.02 Å². The second-order valence-electron chi connectivity index (χ2n) is 5.54. The maximum absolute atomic E-state index is 9.78. The lowest BCUT2D eigenvalue weighted by molar-refractivity contribution is 0.107. The van der Waals surface area contributed by atoms with Crippen LogP contribution in [0.25, 0.3) is 0 Å². The van der Waals surface area contributed by atoms with Crippen molar-refractivity contribution in [3.8, 4) is 0 Å². The number of aliphatic hydroxyl groups excluding tert-OH is 1. The van der Waals surface area contributed by atoms with E-state index in [1.807, 2.05) is 12.1 Å². The monoisotopic (exact) mass is 253 g/mol. The third kappa shape index (κ3) is 2.58. The van der Waals surface area contributed by atoms with Gasteiger partial charge in [-0.05, 0) is 51.3 Å². The SMILES string of the molecule is Cc1ccc(Cl)cc1N1CCC(O)CC1(C)C. The molecule has 1 unspecified atom stereocenters. The van der Waals surface area contributed by atoms with E-state index in [4.69, 9.17) is 11.6 Å². The van der Waals surface area contributed by atoms with Crippen molar-refractivity contribution in [1.82, 2.24) is 0 Å². The van der Waals surface area contributed by atoms with Crippen LogP contribution < -0.4 is 4.90 Å². The molecule has 1 N–H and O–H groups in total. The molecule has 94 valence electrons. The van der Waals surface area contributed by atoms with Crippen molar-refractivity contribution >= 4 is 17.3 Å². The van der Waals surface area contributed by atoms with Crippen molar-refractivity contribution in [1.29, 1.82) is 0 Å². The zero-order valence-electron chi connectivity index (χ0n) is 10.7. The average molecular weight is 254 g/mol. The van der Waals surface area contributed by atoms with Crippen molar-refractivity contribution < 1.29 is 5.11 Å². The highest BCUT2D eigenvalue weighted by atomic mass is 35.5. The molecule has 0 saturated carbocycles. The largest absolute Gasteiger partial charge is 0.393 e. The smallest absolute Gasteiger partial charge is 0.0579 e. The van der Waals surface area contributed by atoms with E-state index in [0.717, 1.165) is 24.4 Å². The number of nitrogens with zero attached hydrogens (tertiary/aromatic N) is 1. The van der Waals surface area contributed by atoms with Gasteiger partial charge < -0.3 is 10.0 Å². The molecule has 1 aromatic rings. The van der Waals surface area contributed by atoms with E-state index < -0.39 is 0 Å². The summed E-state index contributed by atoms with van der Waals surface area (Å²) in [6.45, 7) is 7.34. The Kier molecular flexibility index (Phi) is 3.37. The highest BCUT2D eigenvalue weighted by molar-refractivity contribution is 6.30. The summed E-state index contributed by atoms with van der Waals surface area (Å²) in [5.41, 5.74) is 2.40. The number of aryl methyl sites for hydroxylation is 1. The highest BCUT2D eigenvalue weighted by Crippen LogP contribution is 2.35. The Morgan fingerprint density at radius 3 is 2.76 bits per heavy atom. The summed E-state index contributed by atoms with van der Waals surface area (Å²) in [6.07, 6.45) is 1.45. The lowest BCUT2D eigenvalue weighted by atomic mass is 9.87. The molecule has 2 rings (SSSR count). The maximum atomic E-state index is 9.78. The molecule has 1 heterocycles. The van der Waals surface area contributed by atoms with Crippen LogP contribution in [0.3, 0.4) is 0 Å². The van der Waals surface area contributed by atoms with Gasteiger partial charge in [0.25, 0.3) is 0 Å². The molecule has 2 nitrogen and oxygen atoms in total. The van der Waals surface area contributed by atoms with E-state index in [-0.39, 0.29) is 11.6 Å². The predicted molar refractivity (Wildman–Crippen MR) is 72.9 cm³/mol. The summed E-state index contributed by atoms with van der Waals surface area (Å²) < 4.78 is 0. The Hall–Kier alpha value is -0.730. The molecular formula is C14H20ClNO. The fraction of sp³-hybridized carbons (Fsp3) is 0.571. The summed E-state index contributed by atoms with van der Waals surface area (Å²) in [5, 5.41) is 10.6. The van der Waals surface area contributed by atoms with Gasteiger partial charge in [0.05, 0.1) is 6.10 Å². The minimum absolute atomic E-state index is 0.0207. The molecule has 1 fully saturated rings. The molecule has 0 aliphatic carbocycles. The molecule has 1 aliphatic rings. The first-order chi connectivity index (χ1) is 7.90. The summed E-state index contributed by atoms with van der Waals surface area (Å²) in [5.74, 6) is 0. The van der Waals surface area contributed by atoms with Crippen molar-refractivity contribution in [2.45, 2.75) is 45.3 Å². The summed E-state index contributed by atoms with van der Waals surface area (Å²) in [7, 11) is 0. The van der Waals surface area contributed by atoms with Gasteiger partial charge in [-0.1, -0.05) is 17.7 Å². The van der Waals surface area contributed by atoms with Crippen molar-refractivity contribution in [2.75, 3.05) is 11.4 Å². The zero-order chi connectivity index (χ0) is 12.6. The quantitative estimate of drug-likeness (QED) is 0.829. The summed E-state index contributed by atoms with van der Waals surface area (Å²) in [6, 6.07) is 6.00. The second kappa shape index (κ2) is 4.51. The molecule has 3 heteroatoms. The number of hydrogen-bond acceptors (Lipinski definition) is 2. The average Bonchev–Trinajstić information content (AvgIpc) is 2.21. The van der Waals surface area contributed by atoms with Gasteiger partial charge in [0.1, 0.15) is 0 Å². The Morgan fingerprint density at radius 2 is 2.12 bits per heavy atom. The number of anilines is 1. The van der Waals surface area contributed by atoms with E-state index in [1.165, 1.54) is 11.3 Å². The Balaban J connectivity index is 2.35. The summed E-state index contributed by atoms with van der Waals surface area (Å²) in [4.78, 5) is 2.36. The van der Waals surface area contributed by atoms with E-state index >= 15 is 0 Å². The number of rotatable bonds is 1. The number of halogens is 1. The van der Waals surface area contributed by atoms with Gasteiger partial charge in [0.2, 0.25) is 0 Å². The molecule has 0 spiro atoms. The summed E-state index contributed by atoms with van der Waals surface area (Å²) >= 11 is 6.08. The van der Waals surface area contributed by atoms with Crippen molar-refractivity contribution in [2.24, 2.45) is 0 Å². The van der Waals surface area contributed by atoms with Crippen LogP contribution in [0.4, 0.5) is 5.69 Å². The second-order valence-corrected chi connectivity index (χ2v) is 5.98. The predicted octanol–water partition coefficient (Wildman–Crippen LogP) is 3.39. The molecule has 17 heavy (non-hydrogen) atoms. The molecule has 0 aromatic heterocycles. The van der Waals surface area contributed by atoms with Gasteiger partial charge >= 0.3 is 0 Å². The first-order valence-electron chi connectivity index (χ1n) is 6.12. The normalized spacial score (nSPS) is 23.8. The number of hydrogen-bond donors (Lipinski definition) is 1. The fourth-order valence-electron chi connectivity index (χ4n) is 2.69. The third-order valence-corrected chi connectivity index (χ3v) is 3.85. The van der Waals surface area contributed by atoms with Crippen LogP contribution in [0, 0.1) is 6.92 Å². The van der Waals surface area contributed by atoms with Crippen LogP contribution in [-0.2, 0) is 0 Å². The maximum Gasteiger partial charge on any atom is 0.0579 e. The van der Waals surface area contributed by atoms with Crippen LogP contribution in [-0.4, -0.2) is 23.3 Å². The van der Waals surface area contributed by atoms with Gasteiger partial charge in [0.15, 0.2) is 0 Å². The minimum atomic E-state index is -0.180. The molecule has 1 aliphatic heterocycles. The number of benzene rings is 1. The lowest BCUT2D eigenvalue weighted by Crippen LogP contribution is -2.52. The van der Waals surface area contributed by atoms with Crippen molar-refractivity contribution in [3.05, 3.63) is 28.8 Å². The zero-order valence-corrected chi connectivity index (χ0v) is 11.5. The molecule has 1 saturated heterocycles. The fourth-order valence-corrected chi connectivity index (χ4v) is 2.86. The Morgan fingerprint density at radius 1 is 1.41 bits per heavy atom. The van der Waals surface area contributed by atoms with Crippen LogP contribution in [0.15, 0.2) is 18.2 Å². The Labute approximate surface area is 108 Å². The van der Waals surface area contributed by atoms with Crippen LogP contribution >= 0.6 is 11.6 Å². The number of piperidine rings is 1. The first-order valence-corrected chi connectivity index (χ1v) is 6.50. The highest BCUT2D eigenvalue weighted by Gasteiger charge is 2.34. The topological polar surface area (TPSA) is 23.5 Å². The number of aliphatic hydroxyl groups is 1. The van der Waals surface area contributed by atoms with E-state index in [0.29, 0.717) is 0 Å². The molecule has 0 amide bonds. The van der Waals surface area contributed by atoms with Gasteiger partial charge in [-0.25, -0.2) is 0 Å². The van der Waals surface area contributed by atoms with Crippen LogP contribution in [0.1, 0.15) is 32.3 Å². The van der Waals surface area contributed by atoms with E-state index in [1.54, 1.807) is 0 Å². The Bertz CT molecular complexity index is 417. The van der Waals surface area contributed by atoms with Gasteiger partial charge in [-0.3, -0.25) is 0 Å². The van der Waals surface area contributed by atoms with Gasteiger partial charge in [-0.2, -0.15) is 0 Å². The standard InChI is InChI=1S/C14H20ClNO/c1-10-4-5-11(15)8-13(10)16-7-6-12(17)9-14(16,2)3/h4-5,8,12,17H,6-7,9H2,1-3H3. The van der Waals surface area contributed by atoms with E-state index in [9.17, 15) is 5.11 Å². The van der Waals surface area contributed by atoms with Gasteiger partial charge in [-0.15, -0.1) is 0 Å². The molecule has 1 atom stereocenters. The van der Waals surface area contributed by atoms with Gasteiger partial charge in [0, 0.05) is 22.8 Å². The first kappa shape index (κ1) is 12.7. The molecule has 0 bridgehead atoms. The molecular weight excluding hydrogens is 234 g/mol. The third-order valence-electron chi connectivity index (χ3n) is 3.61.